The molecule has 1 aromatic heterocycles. The number of methoxy groups -OCH3 is 1. The second kappa shape index (κ2) is 7.13. The fourth-order valence-electron chi connectivity index (χ4n) is 4.19. The topological polar surface area (TPSA) is 59.8 Å². The predicted octanol–water partition coefficient (Wildman–Crippen LogP) is 5.17. The third kappa shape index (κ3) is 3.01. The van der Waals surface area contributed by atoms with Gasteiger partial charge in [-0.1, -0.05) is 41.5 Å². The third-order valence-corrected chi connectivity index (χ3v) is 5.75. The molecule has 1 amide bonds. The fourth-order valence-corrected chi connectivity index (χ4v) is 4.19. The molecule has 3 aromatic carbocycles. The summed E-state index contributed by atoms with van der Waals surface area (Å²) < 4.78 is 11.4. The maximum Gasteiger partial charge on any atom is 0.295 e. The maximum absolute atomic E-state index is 13.6. The summed E-state index contributed by atoms with van der Waals surface area (Å²) in [6, 6.07) is 19.9. The first kappa shape index (κ1) is 19.1. The average molecular weight is 411 g/mol. The van der Waals surface area contributed by atoms with Crippen molar-refractivity contribution >= 4 is 22.6 Å². The molecule has 0 saturated carbocycles. The molecule has 5 heteroatoms. The highest BCUT2D eigenvalue weighted by Crippen LogP contribution is 2.41. The Hall–Kier alpha value is -3.86. The van der Waals surface area contributed by atoms with Gasteiger partial charge in [-0.2, -0.15) is 0 Å². The van der Waals surface area contributed by atoms with Gasteiger partial charge in [0.25, 0.3) is 5.91 Å². The second-order valence-corrected chi connectivity index (χ2v) is 7.86. The van der Waals surface area contributed by atoms with Crippen LogP contribution in [0.15, 0.2) is 75.9 Å². The van der Waals surface area contributed by atoms with E-state index in [0.29, 0.717) is 28.0 Å². The lowest BCUT2D eigenvalue weighted by molar-refractivity contribution is 0.0971. The quantitative estimate of drug-likeness (QED) is 0.467. The molecule has 0 saturated heterocycles. The van der Waals surface area contributed by atoms with Crippen molar-refractivity contribution in [2.45, 2.75) is 19.9 Å². The van der Waals surface area contributed by atoms with Crippen molar-refractivity contribution in [1.82, 2.24) is 0 Å². The minimum atomic E-state index is -0.610. The van der Waals surface area contributed by atoms with Gasteiger partial charge in [-0.05, 0) is 55.8 Å². The summed E-state index contributed by atoms with van der Waals surface area (Å²) in [6.45, 7) is 3.92. The maximum atomic E-state index is 13.6. The van der Waals surface area contributed by atoms with Crippen molar-refractivity contribution < 1.29 is 13.9 Å². The second-order valence-electron chi connectivity index (χ2n) is 7.86. The lowest BCUT2D eigenvalue weighted by Gasteiger charge is -2.25. The van der Waals surface area contributed by atoms with E-state index in [4.69, 9.17) is 9.15 Å². The zero-order valence-electron chi connectivity index (χ0n) is 17.5. The summed E-state index contributed by atoms with van der Waals surface area (Å²) in [7, 11) is 1.59. The number of aryl methyl sites for hydroxylation is 2. The monoisotopic (exact) mass is 411 g/mol. The van der Waals surface area contributed by atoms with Crippen LogP contribution in [0.4, 0.5) is 5.69 Å². The van der Waals surface area contributed by atoms with E-state index >= 15 is 0 Å². The molecule has 5 rings (SSSR count). The molecule has 0 spiro atoms. The van der Waals surface area contributed by atoms with E-state index in [9.17, 15) is 9.59 Å². The summed E-state index contributed by atoms with van der Waals surface area (Å²) in [4.78, 5) is 28.8. The molecule has 0 bridgehead atoms. The summed E-state index contributed by atoms with van der Waals surface area (Å²) in [5.41, 5.74) is 4.12. The van der Waals surface area contributed by atoms with Gasteiger partial charge in [-0.3, -0.25) is 14.5 Å². The molecule has 1 aliphatic heterocycles. The van der Waals surface area contributed by atoms with Crippen LogP contribution in [-0.2, 0) is 0 Å². The zero-order valence-corrected chi connectivity index (χ0v) is 17.5. The molecule has 0 aliphatic carbocycles. The molecular formula is C26H21NO4. The smallest absolute Gasteiger partial charge is 0.295 e. The molecule has 5 nitrogen and oxygen atoms in total. The minimum Gasteiger partial charge on any atom is -0.497 e. The largest absolute Gasteiger partial charge is 0.497 e. The molecule has 31 heavy (non-hydrogen) atoms. The number of benzene rings is 3. The molecule has 0 radical (unpaired) electrons. The molecule has 4 aromatic rings. The molecule has 154 valence electrons. The Balaban J connectivity index is 1.82. The van der Waals surface area contributed by atoms with E-state index in [0.717, 1.165) is 16.7 Å². The number of carbonyl (C=O) groups excluding carboxylic acids is 1. The van der Waals surface area contributed by atoms with E-state index in [2.05, 4.69) is 0 Å². The van der Waals surface area contributed by atoms with Crippen molar-refractivity contribution in [1.29, 1.82) is 0 Å². The molecule has 2 heterocycles. The van der Waals surface area contributed by atoms with Gasteiger partial charge >= 0.3 is 0 Å². The van der Waals surface area contributed by atoms with Crippen LogP contribution in [0.1, 0.15) is 38.9 Å². The first-order valence-corrected chi connectivity index (χ1v) is 10.1. The van der Waals surface area contributed by atoms with E-state index < -0.39 is 6.04 Å². The first-order valence-electron chi connectivity index (χ1n) is 10.1. The minimum absolute atomic E-state index is 0.0924. The Morgan fingerprint density at radius 2 is 1.65 bits per heavy atom. The summed E-state index contributed by atoms with van der Waals surface area (Å²) >= 11 is 0. The van der Waals surface area contributed by atoms with Gasteiger partial charge in [0.05, 0.1) is 24.1 Å². The van der Waals surface area contributed by atoms with Crippen LogP contribution in [0.5, 0.6) is 5.75 Å². The standard InChI is InChI=1S/C26H21NO4/c1-15-7-10-18(11-8-15)27-23(17-5-4-6-19(14-17)30-3)22-24(28)20-13-16(2)9-12-21(20)31-25(22)26(27)29/h4-14,23H,1-3H3. The molecule has 1 unspecified atom stereocenters. The molecule has 0 N–H and O–H groups in total. The van der Waals surface area contributed by atoms with Gasteiger partial charge in [0, 0.05) is 5.69 Å². The van der Waals surface area contributed by atoms with Gasteiger partial charge in [0.1, 0.15) is 11.3 Å². The van der Waals surface area contributed by atoms with Crippen LogP contribution < -0.4 is 15.1 Å². The number of fused-ring (bicyclic) bond motifs is 2. The number of carbonyl (C=O) groups is 1. The number of ether oxygens (including phenoxy) is 1. The van der Waals surface area contributed by atoms with Gasteiger partial charge < -0.3 is 9.15 Å². The van der Waals surface area contributed by atoms with Crippen molar-refractivity contribution in [3.8, 4) is 5.75 Å². The number of hydrogen-bond acceptors (Lipinski definition) is 4. The normalized spacial score (nSPS) is 15.4. The van der Waals surface area contributed by atoms with Crippen molar-refractivity contribution in [2.24, 2.45) is 0 Å². The van der Waals surface area contributed by atoms with Crippen LogP contribution in [0.2, 0.25) is 0 Å². The zero-order chi connectivity index (χ0) is 21.7. The Morgan fingerprint density at radius 3 is 2.39 bits per heavy atom. The van der Waals surface area contributed by atoms with Crippen LogP contribution >= 0.6 is 0 Å². The van der Waals surface area contributed by atoms with E-state index in [1.807, 2.05) is 74.5 Å². The van der Waals surface area contributed by atoms with Gasteiger partial charge in [-0.25, -0.2) is 0 Å². The van der Waals surface area contributed by atoms with Gasteiger partial charge in [-0.15, -0.1) is 0 Å². The van der Waals surface area contributed by atoms with Gasteiger partial charge in [0.2, 0.25) is 5.76 Å². The Kier molecular flexibility index (Phi) is 4.40. The SMILES string of the molecule is COc1cccc(C2c3c(oc4ccc(C)cc4c3=O)C(=O)N2c2ccc(C)cc2)c1. The number of amides is 1. The highest BCUT2D eigenvalue weighted by Gasteiger charge is 2.43. The summed E-state index contributed by atoms with van der Waals surface area (Å²) in [5.74, 6) is 0.421. The predicted molar refractivity (Wildman–Crippen MR) is 120 cm³/mol. The molecule has 1 atom stereocenters. The van der Waals surface area contributed by atoms with Crippen LogP contribution in [0, 0.1) is 13.8 Å². The number of rotatable bonds is 3. The Morgan fingerprint density at radius 1 is 0.903 bits per heavy atom. The van der Waals surface area contributed by atoms with Gasteiger partial charge in [0.15, 0.2) is 5.43 Å². The first-order chi connectivity index (χ1) is 15.0. The molecular weight excluding hydrogens is 390 g/mol. The van der Waals surface area contributed by atoms with Crippen molar-refractivity contribution in [2.75, 3.05) is 12.0 Å². The fraction of sp³-hybridized carbons (Fsp3) is 0.154. The third-order valence-electron chi connectivity index (χ3n) is 5.75. The van der Waals surface area contributed by atoms with E-state index in [1.165, 1.54) is 0 Å². The summed E-state index contributed by atoms with van der Waals surface area (Å²) in [5, 5.41) is 0.477. The van der Waals surface area contributed by atoms with Crippen molar-refractivity contribution in [3.63, 3.8) is 0 Å². The highest BCUT2D eigenvalue weighted by atomic mass is 16.5. The lowest BCUT2D eigenvalue weighted by Crippen LogP contribution is -2.29. The van der Waals surface area contributed by atoms with Crippen molar-refractivity contribution in [3.05, 3.63) is 105 Å². The van der Waals surface area contributed by atoms with Crippen LogP contribution in [-0.4, -0.2) is 13.0 Å². The number of nitrogens with zero attached hydrogens (tertiary/aromatic N) is 1. The lowest BCUT2D eigenvalue weighted by atomic mass is 9.97. The summed E-state index contributed by atoms with van der Waals surface area (Å²) in [6.07, 6.45) is 0. The highest BCUT2D eigenvalue weighted by molar-refractivity contribution is 6.10. The number of anilines is 1. The Bertz CT molecular complexity index is 1390. The van der Waals surface area contributed by atoms with E-state index in [-0.39, 0.29) is 17.1 Å². The van der Waals surface area contributed by atoms with E-state index in [1.54, 1.807) is 18.1 Å². The Labute approximate surface area is 179 Å². The molecule has 1 aliphatic rings. The average Bonchev–Trinajstić information content (AvgIpc) is 3.07. The number of hydrogen-bond donors (Lipinski definition) is 0. The molecule has 0 fully saturated rings. The van der Waals surface area contributed by atoms with Crippen LogP contribution in [0.25, 0.3) is 11.0 Å². The van der Waals surface area contributed by atoms with Crippen LogP contribution in [0.3, 0.4) is 0 Å².